The molecule has 0 amide bonds. The van der Waals surface area contributed by atoms with Gasteiger partial charge in [-0.3, -0.25) is 0 Å². The van der Waals surface area contributed by atoms with Gasteiger partial charge in [0.15, 0.2) is 5.65 Å². The van der Waals surface area contributed by atoms with Crippen molar-refractivity contribution in [2.24, 2.45) is 0 Å². The molecular formula is C14H16N4S. The highest BCUT2D eigenvalue weighted by Crippen LogP contribution is 2.21. The van der Waals surface area contributed by atoms with Crippen LogP contribution in [0.5, 0.6) is 0 Å². The first-order valence-corrected chi connectivity index (χ1v) is 7.07. The van der Waals surface area contributed by atoms with Crippen LogP contribution in [0.3, 0.4) is 0 Å². The number of rotatable bonds is 3. The average molecular weight is 272 g/mol. The third kappa shape index (κ3) is 2.33. The van der Waals surface area contributed by atoms with E-state index >= 15 is 0 Å². The molecule has 0 spiro atoms. The van der Waals surface area contributed by atoms with Crippen molar-refractivity contribution in [3.63, 3.8) is 0 Å². The third-order valence-electron chi connectivity index (χ3n) is 3.20. The summed E-state index contributed by atoms with van der Waals surface area (Å²) >= 11 is 1.82. The van der Waals surface area contributed by atoms with Crippen molar-refractivity contribution in [1.82, 2.24) is 14.6 Å². The minimum atomic E-state index is 0.679. The predicted molar refractivity (Wildman–Crippen MR) is 78.8 cm³/mol. The van der Waals surface area contributed by atoms with Crippen LogP contribution in [0, 0.1) is 20.8 Å². The first-order valence-electron chi connectivity index (χ1n) is 6.25. The molecule has 0 aromatic carbocycles. The second-order valence-electron chi connectivity index (χ2n) is 4.70. The van der Waals surface area contributed by atoms with Gasteiger partial charge in [-0.1, -0.05) is 6.07 Å². The van der Waals surface area contributed by atoms with Crippen LogP contribution in [-0.4, -0.2) is 14.6 Å². The lowest BCUT2D eigenvalue weighted by Gasteiger charge is -1.97. The molecule has 0 aliphatic heterocycles. The molecule has 0 atom stereocenters. The van der Waals surface area contributed by atoms with Crippen molar-refractivity contribution >= 4 is 22.9 Å². The van der Waals surface area contributed by atoms with Gasteiger partial charge in [0.1, 0.15) is 0 Å². The van der Waals surface area contributed by atoms with Crippen molar-refractivity contribution < 1.29 is 0 Å². The minimum Gasteiger partial charge on any atom is -0.348 e. The van der Waals surface area contributed by atoms with Crippen LogP contribution in [0.25, 0.3) is 5.65 Å². The summed E-state index contributed by atoms with van der Waals surface area (Å²) in [4.78, 5) is 7.18. The normalized spacial score (nSPS) is 11.1. The summed E-state index contributed by atoms with van der Waals surface area (Å²) < 4.78 is 1.81. The van der Waals surface area contributed by atoms with Gasteiger partial charge in [-0.2, -0.15) is 4.98 Å². The van der Waals surface area contributed by atoms with Crippen LogP contribution < -0.4 is 5.32 Å². The fraction of sp³-hybridized carbons (Fsp3) is 0.286. The lowest BCUT2D eigenvalue weighted by Crippen LogP contribution is -1.99. The third-order valence-corrected chi connectivity index (χ3v) is 4.35. The van der Waals surface area contributed by atoms with Crippen molar-refractivity contribution in [3.05, 3.63) is 45.3 Å². The monoisotopic (exact) mass is 272 g/mol. The Hall–Kier alpha value is -1.88. The van der Waals surface area contributed by atoms with E-state index in [1.165, 1.54) is 15.3 Å². The van der Waals surface area contributed by atoms with Crippen LogP contribution in [0.4, 0.5) is 5.95 Å². The molecule has 0 radical (unpaired) electrons. The lowest BCUT2D eigenvalue weighted by molar-refractivity contribution is 0.948. The number of hydrogen-bond donors (Lipinski definition) is 1. The molecule has 0 unspecified atom stereocenters. The summed E-state index contributed by atoms with van der Waals surface area (Å²) in [7, 11) is 0. The summed E-state index contributed by atoms with van der Waals surface area (Å²) in [5, 5.41) is 7.70. The Kier molecular flexibility index (Phi) is 2.98. The highest BCUT2D eigenvalue weighted by Gasteiger charge is 2.06. The molecule has 3 aromatic rings. The molecular weight excluding hydrogens is 256 g/mol. The van der Waals surface area contributed by atoms with E-state index in [2.05, 4.69) is 35.3 Å². The van der Waals surface area contributed by atoms with E-state index < -0.39 is 0 Å². The van der Waals surface area contributed by atoms with Gasteiger partial charge in [0.25, 0.3) is 0 Å². The van der Waals surface area contributed by atoms with Crippen molar-refractivity contribution in [2.75, 3.05) is 5.32 Å². The predicted octanol–water partition coefficient (Wildman–Crippen LogP) is 3.33. The first kappa shape index (κ1) is 12.2. The average Bonchev–Trinajstić information content (AvgIpc) is 2.92. The summed E-state index contributed by atoms with van der Waals surface area (Å²) in [6.45, 7) is 7.10. The van der Waals surface area contributed by atoms with Gasteiger partial charge in [0.05, 0.1) is 6.54 Å². The number of aryl methyl sites for hydroxylation is 3. The molecule has 0 bridgehead atoms. The van der Waals surface area contributed by atoms with Crippen LogP contribution in [0.15, 0.2) is 24.4 Å². The Morgan fingerprint density at radius 1 is 1.26 bits per heavy atom. The molecule has 1 N–H and O–H groups in total. The quantitative estimate of drug-likeness (QED) is 0.795. The molecule has 19 heavy (non-hydrogen) atoms. The molecule has 98 valence electrons. The Morgan fingerprint density at radius 3 is 2.79 bits per heavy atom. The molecule has 0 saturated heterocycles. The van der Waals surface area contributed by atoms with Gasteiger partial charge in [0.2, 0.25) is 5.95 Å². The molecule has 3 aromatic heterocycles. The van der Waals surface area contributed by atoms with E-state index in [9.17, 15) is 0 Å². The van der Waals surface area contributed by atoms with Crippen LogP contribution in [0.2, 0.25) is 0 Å². The van der Waals surface area contributed by atoms with Crippen LogP contribution in [-0.2, 0) is 6.54 Å². The topological polar surface area (TPSA) is 42.2 Å². The second kappa shape index (κ2) is 4.66. The number of anilines is 1. The van der Waals surface area contributed by atoms with E-state index in [0.717, 1.165) is 17.8 Å². The second-order valence-corrected chi connectivity index (χ2v) is 6.04. The zero-order chi connectivity index (χ0) is 13.4. The maximum atomic E-state index is 4.50. The maximum Gasteiger partial charge on any atom is 0.243 e. The summed E-state index contributed by atoms with van der Waals surface area (Å²) in [6, 6.07) is 6.24. The Labute approximate surface area is 116 Å². The summed E-state index contributed by atoms with van der Waals surface area (Å²) in [5.74, 6) is 0.679. The number of pyridine rings is 1. The smallest absolute Gasteiger partial charge is 0.243 e. The van der Waals surface area contributed by atoms with Gasteiger partial charge in [-0.05, 0) is 44.0 Å². The number of aromatic nitrogens is 3. The van der Waals surface area contributed by atoms with Crippen molar-refractivity contribution in [2.45, 2.75) is 27.3 Å². The number of fused-ring (bicyclic) bond motifs is 1. The lowest BCUT2D eigenvalue weighted by atomic mass is 10.3. The van der Waals surface area contributed by atoms with Gasteiger partial charge >= 0.3 is 0 Å². The van der Waals surface area contributed by atoms with Crippen LogP contribution in [0.1, 0.15) is 20.9 Å². The number of nitrogens with zero attached hydrogens (tertiary/aromatic N) is 3. The zero-order valence-corrected chi connectivity index (χ0v) is 12.1. The molecule has 3 rings (SSSR count). The minimum absolute atomic E-state index is 0.679. The zero-order valence-electron chi connectivity index (χ0n) is 11.3. The summed E-state index contributed by atoms with van der Waals surface area (Å²) in [5.41, 5.74) is 3.38. The van der Waals surface area contributed by atoms with E-state index in [0.29, 0.717) is 5.95 Å². The molecule has 0 saturated carbocycles. The molecule has 0 fully saturated rings. The molecule has 3 heterocycles. The Balaban J connectivity index is 1.80. The SMILES string of the molecule is Cc1cc(CNc2nc3c(C)cccn3n2)sc1C. The van der Waals surface area contributed by atoms with E-state index in [1.54, 1.807) is 0 Å². The fourth-order valence-corrected chi connectivity index (χ4v) is 3.01. The van der Waals surface area contributed by atoms with Crippen molar-refractivity contribution in [3.8, 4) is 0 Å². The largest absolute Gasteiger partial charge is 0.348 e. The standard InChI is InChI=1S/C14H16N4S/c1-9-5-4-6-18-13(9)16-14(17-18)15-8-12-7-10(2)11(3)19-12/h4-7H,8H2,1-3H3,(H,15,17). The number of thiophene rings is 1. The molecule has 0 aliphatic carbocycles. The number of nitrogens with one attached hydrogen (secondary N) is 1. The number of hydrogen-bond acceptors (Lipinski definition) is 4. The highest BCUT2D eigenvalue weighted by atomic mass is 32.1. The van der Waals surface area contributed by atoms with Gasteiger partial charge in [-0.25, -0.2) is 4.52 Å². The molecule has 0 aliphatic rings. The fourth-order valence-electron chi connectivity index (χ4n) is 2.02. The van der Waals surface area contributed by atoms with E-state index in [4.69, 9.17) is 0 Å². The molecule has 5 heteroatoms. The van der Waals surface area contributed by atoms with E-state index in [1.807, 2.05) is 41.1 Å². The molecule has 4 nitrogen and oxygen atoms in total. The van der Waals surface area contributed by atoms with Crippen molar-refractivity contribution in [1.29, 1.82) is 0 Å². The first-order chi connectivity index (χ1) is 9.13. The maximum absolute atomic E-state index is 4.50. The summed E-state index contributed by atoms with van der Waals surface area (Å²) in [6.07, 6.45) is 1.92. The van der Waals surface area contributed by atoms with Crippen LogP contribution >= 0.6 is 11.3 Å². The van der Waals surface area contributed by atoms with E-state index in [-0.39, 0.29) is 0 Å². The Bertz CT molecular complexity index is 707. The van der Waals surface area contributed by atoms with Gasteiger partial charge in [0, 0.05) is 16.0 Å². The van der Waals surface area contributed by atoms with Gasteiger partial charge < -0.3 is 5.32 Å². The highest BCUT2D eigenvalue weighted by molar-refractivity contribution is 7.12. The van der Waals surface area contributed by atoms with Gasteiger partial charge in [-0.15, -0.1) is 16.4 Å². The Morgan fingerprint density at radius 2 is 2.11 bits per heavy atom.